The molecule has 4 nitrogen and oxygen atoms in total. The summed E-state index contributed by atoms with van der Waals surface area (Å²) in [5, 5.41) is 13.1. The minimum absolute atomic E-state index is 0.0648. The zero-order valence-corrected chi connectivity index (χ0v) is 10.3. The monoisotopic (exact) mass is 244 g/mol. The Hall–Kier alpha value is -0.710. The smallest absolute Gasteiger partial charge is 0.230 e. The third-order valence-corrected chi connectivity index (χ3v) is 3.82. The van der Waals surface area contributed by atoms with E-state index < -0.39 is 5.97 Å². The number of hydrogen-bond acceptors (Lipinski definition) is 4. The molecule has 1 amide bonds. The zero-order chi connectivity index (χ0) is 12.0. The fourth-order valence-corrected chi connectivity index (χ4v) is 2.54. The third-order valence-electron chi connectivity index (χ3n) is 2.91. The van der Waals surface area contributed by atoms with Crippen LogP contribution >= 0.6 is 11.8 Å². The van der Waals surface area contributed by atoms with Gasteiger partial charge in [-0.25, -0.2) is 0 Å². The van der Waals surface area contributed by atoms with Crippen LogP contribution in [0.2, 0.25) is 0 Å². The zero-order valence-electron chi connectivity index (χ0n) is 9.53. The summed E-state index contributed by atoms with van der Waals surface area (Å²) in [6.07, 6.45) is 4.61. The van der Waals surface area contributed by atoms with Crippen LogP contribution < -0.4 is 10.4 Å². The van der Waals surface area contributed by atoms with Crippen molar-refractivity contribution < 1.29 is 14.7 Å². The van der Waals surface area contributed by atoms with E-state index in [0.717, 1.165) is 24.6 Å². The second-order valence-corrected chi connectivity index (χ2v) is 5.29. The van der Waals surface area contributed by atoms with Crippen LogP contribution in [0.1, 0.15) is 32.6 Å². The topological polar surface area (TPSA) is 69.2 Å². The van der Waals surface area contributed by atoms with Crippen LogP contribution in [0.25, 0.3) is 0 Å². The van der Waals surface area contributed by atoms with Crippen LogP contribution in [0.5, 0.6) is 0 Å². The summed E-state index contributed by atoms with van der Waals surface area (Å²) in [6.45, 7) is 2.15. The molecule has 1 rings (SSSR count). The quantitative estimate of drug-likeness (QED) is 0.748. The standard InChI is InChI=1S/C11H19NO3S/c1-8-4-2-3-5-9(8)12-10(13)6-16-7-11(14)15/h8-9H,2-7H2,1H3,(H,12,13)(H,14,15)/p-1/t8-,9-/m0/s1. The van der Waals surface area contributed by atoms with Crippen molar-refractivity contribution >= 4 is 23.6 Å². The van der Waals surface area contributed by atoms with E-state index in [9.17, 15) is 14.7 Å². The molecule has 92 valence electrons. The average molecular weight is 244 g/mol. The van der Waals surface area contributed by atoms with E-state index in [1.807, 2.05) is 0 Å². The molecule has 0 aromatic carbocycles. The van der Waals surface area contributed by atoms with Gasteiger partial charge in [0.05, 0.1) is 11.7 Å². The lowest BCUT2D eigenvalue weighted by atomic mass is 9.86. The predicted octanol–water partition coefficient (Wildman–Crippen LogP) is 0.164. The normalized spacial score (nSPS) is 25.1. The number of carboxylic acids is 1. The van der Waals surface area contributed by atoms with Gasteiger partial charge in [0.25, 0.3) is 0 Å². The second kappa shape index (κ2) is 6.78. The number of nitrogens with one attached hydrogen (secondary N) is 1. The highest BCUT2D eigenvalue weighted by molar-refractivity contribution is 8.00. The van der Waals surface area contributed by atoms with E-state index in [1.54, 1.807) is 0 Å². The van der Waals surface area contributed by atoms with Crippen LogP contribution in [0.4, 0.5) is 0 Å². The van der Waals surface area contributed by atoms with Gasteiger partial charge >= 0.3 is 0 Å². The molecule has 1 aliphatic rings. The highest BCUT2D eigenvalue weighted by Gasteiger charge is 2.22. The van der Waals surface area contributed by atoms with E-state index in [-0.39, 0.29) is 23.5 Å². The van der Waals surface area contributed by atoms with Crippen molar-refractivity contribution in [2.24, 2.45) is 5.92 Å². The van der Waals surface area contributed by atoms with Crippen molar-refractivity contribution in [3.05, 3.63) is 0 Å². The number of carbonyl (C=O) groups excluding carboxylic acids is 2. The van der Waals surface area contributed by atoms with Gasteiger partial charge in [0, 0.05) is 11.8 Å². The minimum Gasteiger partial charge on any atom is -0.549 e. The SMILES string of the molecule is C[C@H]1CCCC[C@@H]1NC(=O)CSCC(=O)[O-]. The molecule has 0 unspecified atom stereocenters. The Labute approximate surface area is 100 Å². The first-order chi connectivity index (χ1) is 7.59. The molecule has 5 heteroatoms. The van der Waals surface area contributed by atoms with Crippen molar-refractivity contribution in [3.8, 4) is 0 Å². The molecule has 1 aliphatic carbocycles. The molecule has 1 N–H and O–H groups in total. The van der Waals surface area contributed by atoms with Crippen LogP contribution in [0.15, 0.2) is 0 Å². The van der Waals surface area contributed by atoms with Gasteiger partial charge in [0.2, 0.25) is 5.91 Å². The van der Waals surface area contributed by atoms with Gasteiger partial charge in [-0.05, 0) is 18.8 Å². The Morgan fingerprint density at radius 1 is 1.31 bits per heavy atom. The van der Waals surface area contributed by atoms with E-state index in [1.165, 1.54) is 12.8 Å². The molecule has 0 aromatic rings. The molecule has 1 fully saturated rings. The molecule has 0 heterocycles. The average Bonchev–Trinajstić information content (AvgIpc) is 2.21. The van der Waals surface area contributed by atoms with Gasteiger partial charge in [0.15, 0.2) is 0 Å². The van der Waals surface area contributed by atoms with Gasteiger partial charge < -0.3 is 15.2 Å². The first-order valence-electron chi connectivity index (χ1n) is 5.66. The second-order valence-electron chi connectivity index (χ2n) is 4.30. The summed E-state index contributed by atoms with van der Waals surface area (Å²) in [6, 6.07) is 0.268. The number of rotatable bonds is 5. The number of carboxylic acid groups (broad SMARTS) is 1. The van der Waals surface area contributed by atoms with Crippen molar-refractivity contribution in [3.63, 3.8) is 0 Å². The van der Waals surface area contributed by atoms with Crippen molar-refractivity contribution in [1.82, 2.24) is 5.32 Å². The molecular weight excluding hydrogens is 226 g/mol. The number of carbonyl (C=O) groups is 2. The molecule has 0 aromatic heterocycles. The van der Waals surface area contributed by atoms with Crippen LogP contribution in [0, 0.1) is 5.92 Å². The lowest BCUT2D eigenvalue weighted by Gasteiger charge is -2.29. The molecule has 0 aliphatic heterocycles. The fraction of sp³-hybridized carbons (Fsp3) is 0.818. The molecule has 2 atom stereocenters. The molecule has 16 heavy (non-hydrogen) atoms. The summed E-state index contributed by atoms with van der Waals surface area (Å²) in [4.78, 5) is 21.7. The summed E-state index contributed by atoms with van der Waals surface area (Å²) >= 11 is 1.09. The van der Waals surface area contributed by atoms with Crippen LogP contribution in [0.3, 0.4) is 0 Å². The predicted molar refractivity (Wildman–Crippen MR) is 61.9 cm³/mol. The lowest BCUT2D eigenvalue weighted by molar-refractivity contribution is -0.301. The first kappa shape index (κ1) is 13.4. The summed E-state index contributed by atoms with van der Waals surface area (Å²) in [7, 11) is 0. The fourth-order valence-electron chi connectivity index (χ4n) is 2.01. The third kappa shape index (κ3) is 4.88. The Balaban J connectivity index is 2.19. The molecule has 1 saturated carbocycles. The maximum Gasteiger partial charge on any atom is 0.230 e. The summed E-state index contributed by atoms with van der Waals surface area (Å²) in [5.41, 5.74) is 0. The van der Waals surface area contributed by atoms with E-state index in [0.29, 0.717) is 5.92 Å². The Morgan fingerprint density at radius 3 is 2.62 bits per heavy atom. The van der Waals surface area contributed by atoms with E-state index >= 15 is 0 Å². The summed E-state index contributed by atoms with van der Waals surface area (Å²) < 4.78 is 0. The van der Waals surface area contributed by atoms with Gasteiger partial charge in [-0.2, -0.15) is 0 Å². The Bertz CT molecular complexity index is 258. The largest absolute Gasteiger partial charge is 0.549 e. The number of aliphatic carboxylic acids is 1. The maximum atomic E-state index is 11.5. The molecule has 0 radical (unpaired) electrons. The number of amides is 1. The van der Waals surface area contributed by atoms with Gasteiger partial charge in [-0.3, -0.25) is 4.79 Å². The highest BCUT2D eigenvalue weighted by atomic mass is 32.2. The number of thioether (sulfide) groups is 1. The van der Waals surface area contributed by atoms with Crippen molar-refractivity contribution in [2.75, 3.05) is 11.5 Å². The van der Waals surface area contributed by atoms with E-state index in [2.05, 4.69) is 12.2 Å². The van der Waals surface area contributed by atoms with Crippen molar-refractivity contribution in [1.29, 1.82) is 0 Å². The summed E-state index contributed by atoms with van der Waals surface area (Å²) in [5.74, 6) is -0.567. The molecule has 0 saturated heterocycles. The Kier molecular flexibility index (Phi) is 5.66. The van der Waals surface area contributed by atoms with Crippen LogP contribution in [-0.2, 0) is 9.59 Å². The molecule has 0 spiro atoms. The van der Waals surface area contributed by atoms with Gasteiger partial charge in [-0.1, -0.05) is 19.8 Å². The van der Waals surface area contributed by atoms with Crippen LogP contribution in [-0.4, -0.2) is 29.4 Å². The minimum atomic E-state index is -1.12. The Morgan fingerprint density at radius 2 is 2.00 bits per heavy atom. The van der Waals surface area contributed by atoms with Crippen molar-refractivity contribution in [2.45, 2.75) is 38.6 Å². The molecular formula is C11H18NO3S-. The molecule has 0 bridgehead atoms. The van der Waals surface area contributed by atoms with Gasteiger partial charge in [-0.15, -0.1) is 11.8 Å². The maximum absolute atomic E-state index is 11.5. The highest BCUT2D eigenvalue weighted by Crippen LogP contribution is 2.23. The van der Waals surface area contributed by atoms with E-state index in [4.69, 9.17) is 0 Å². The lowest BCUT2D eigenvalue weighted by Crippen LogP contribution is -2.42. The first-order valence-corrected chi connectivity index (χ1v) is 6.82. The van der Waals surface area contributed by atoms with Gasteiger partial charge in [0.1, 0.15) is 0 Å². The number of hydrogen-bond donors (Lipinski definition) is 1.